The molecule has 0 saturated carbocycles. The topological polar surface area (TPSA) is 62.4 Å². The van der Waals surface area contributed by atoms with E-state index in [-0.39, 0.29) is 23.1 Å². The number of nitrogens with zero attached hydrogens (tertiary/aromatic N) is 1. The Bertz CT molecular complexity index is 1210. The van der Waals surface area contributed by atoms with Gasteiger partial charge < -0.3 is 14.6 Å². The van der Waals surface area contributed by atoms with Crippen LogP contribution in [0, 0.1) is 5.82 Å². The van der Waals surface area contributed by atoms with Gasteiger partial charge in [-0.25, -0.2) is 9.18 Å². The highest BCUT2D eigenvalue weighted by atomic mass is 19.1. The Labute approximate surface area is 180 Å². The highest BCUT2D eigenvalue weighted by Gasteiger charge is 2.37. The van der Waals surface area contributed by atoms with Crippen molar-refractivity contribution in [1.82, 2.24) is 9.88 Å². The van der Waals surface area contributed by atoms with Gasteiger partial charge in [-0.1, -0.05) is 38.1 Å². The van der Waals surface area contributed by atoms with Crippen molar-refractivity contribution in [3.8, 4) is 0 Å². The van der Waals surface area contributed by atoms with Gasteiger partial charge in [0.1, 0.15) is 5.82 Å². The average molecular weight is 420 g/mol. The maximum Gasteiger partial charge on any atom is 0.342 e. The summed E-state index contributed by atoms with van der Waals surface area (Å²) in [6.07, 6.45) is 1.21. The molecule has 0 atom stereocenters. The molecule has 3 aromatic rings. The van der Waals surface area contributed by atoms with Crippen LogP contribution in [0.1, 0.15) is 49.3 Å². The average Bonchev–Trinajstić information content (AvgIpc) is 3.04. The monoisotopic (exact) mass is 420 g/mol. The normalized spacial score (nSPS) is 15.4. The van der Waals surface area contributed by atoms with Gasteiger partial charge in [0.25, 0.3) is 5.91 Å². The Kier molecular flexibility index (Phi) is 5.17. The van der Waals surface area contributed by atoms with Crippen molar-refractivity contribution >= 4 is 28.4 Å². The third-order valence-corrected chi connectivity index (χ3v) is 5.40. The minimum atomic E-state index is -0.516. The molecule has 31 heavy (non-hydrogen) atoms. The first-order valence-electron chi connectivity index (χ1n) is 10.3. The number of carbonyl (C=O) groups is 2. The van der Waals surface area contributed by atoms with Crippen molar-refractivity contribution < 1.29 is 18.7 Å². The van der Waals surface area contributed by atoms with Crippen LogP contribution in [-0.2, 0) is 14.9 Å². The third kappa shape index (κ3) is 3.85. The molecule has 1 aliphatic heterocycles. The molecule has 160 valence electrons. The van der Waals surface area contributed by atoms with Crippen LogP contribution in [0.15, 0.2) is 54.7 Å². The first kappa shape index (κ1) is 20.8. The standard InChI is InChI=1S/C25H25FN2O3/c1-15(2)31-24(30)19-13-28(23(29)16-8-7-9-17(26)12-16)14-25(3,4)21-18-10-5-6-11-20(18)27-22(19)21/h5-13,15,27H,14H2,1-4H3. The van der Waals surface area contributed by atoms with E-state index in [9.17, 15) is 14.0 Å². The number of benzene rings is 2. The summed E-state index contributed by atoms with van der Waals surface area (Å²) in [6, 6.07) is 13.4. The lowest BCUT2D eigenvalue weighted by molar-refractivity contribution is -0.140. The van der Waals surface area contributed by atoms with Crippen LogP contribution >= 0.6 is 0 Å². The van der Waals surface area contributed by atoms with Gasteiger partial charge in [-0.2, -0.15) is 0 Å². The summed E-state index contributed by atoms with van der Waals surface area (Å²) in [4.78, 5) is 31.2. The van der Waals surface area contributed by atoms with Crippen LogP contribution < -0.4 is 0 Å². The number of aromatic nitrogens is 1. The minimum Gasteiger partial charge on any atom is -0.459 e. The Morgan fingerprint density at radius 2 is 1.87 bits per heavy atom. The zero-order chi connectivity index (χ0) is 22.3. The molecule has 1 amide bonds. The molecular weight excluding hydrogens is 395 g/mol. The molecule has 0 fully saturated rings. The first-order chi connectivity index (χ1) is 14.7. The predicted octanol–water partition coefficient (Wildman–Crippen LogP) is 5.03. The maximum atomic E-state index is 13.8. The van der Waals surface area contributed by atoms with E-state index in [1.54, 1.807) is 19.9 Å². The van der Waals surface area contributed by atoms with Crippen molar-refractivity contribution in [1.29, 1.82) is 0 Å². The number of rotatable bonds is 3. The highest BCUT2D eigenvalue weighted by molar-refractivity contribution is 6.18. The van der Waals surface area contributed by atoms with Crippen molar-refractivity contribution in [3.05, 3.63) is 77.4 Å². The zero-order valence-corrected chi connectivity index (χ0v) is 18.0. The van der Waals surface area contributed by atoms with E-state index in [4.69, 9.17) is 4.74 Å². The van der Waals surface area contributed by atoms with Crippen LogP contribution in [0.2, 0.25) is 0 Å². The second-order valence-corrected chi connectivity index (χ2v) is 8.74. The molecule has 0 saturated heterocycles. The maximum absolute atomic E-state index is 13.8. The summed E-state index contributed by atoms with van der Waals surface area (Å²) in [5, 5.41) is 0.991. The van der Waals surface area contributed by atoms with Gasteiger partial charge in [-0.3, -0.25) is 4.79 Å². The van der Waals surface area contributed by atoms with Gasteiger partial charge >= 0.3 is 5.97 Å². The molecule has 6 heteroatoms. The van der Waals surface area contributed by atoms with E-state index in [0.717, 1.165) is 16.5 Å². The van der Waals surface area contributed by atoms with Crippen molar-refractivity contribution in [2.24, 2.45) is 0 Å². The summed E-state index contributed by atoms with van der Waals surface area (Å²) in [5.41, 5.74) is 2.51. The summed E-state index contributed by atoms with van der Waals surface area (Å²) < 4.78 is 19.2. The molecular formula is C25H25FN2O3. The van der Waals surface area contributed by atoms with Crippen molar-refractivity contribution in [2.75, 3.05) is 6.54 Å². The number of amides is 1. The van der Waals surface area contributed by atoms with Gasteiger partial charge in [0.05, 0.1) is 17.4 Å². The lowest BCUT2D eigenvalue weighted by Crippen LogP contribution is -2.37. The molecule has 4 rings (SSSR count). The lowest BCUT2D eigenvalue weighted by atomic mass is 9.81. The summed E-state index contributed by atoms with van der Waals surface area (Å²) in [6.45, 7) is 7.93. The molecule has 0 unspecified atom stereocenters. The van der Waals surface area contributed by atoms with E-state index >= 15 is 0 Å². The number of hydrogen-bond donors (Lipinski definition) is 1. The summed E-state index contributed by atoms with van der Waals surface area (Å²) in [7, 11) is 0. The van der Waals surface area contributed by atoms with E-state index in [1.807, 2.05) is 38.1 Å². The zero-order valence-electron chi connectivity index (χ0n) is 18.0. The number of esters is 1. The fourth-order valence-electron chi connectivity index (χ4n) is 4.17. The highest BCUT2D eigenvalue weighted by Crippen LogP contribution is 2.40. The second kappa shape index (κ2) is 7.69. The number of hydrogen-bond acceptors (Lipinski definition) is 3. The lowest BCUT2D eigenvalue weighted by Gasteiger charge is -2.29. The van der Waals surface area contributed by atoms with E-state index in [1.165, 1.54) is 29.3 Å². The Morgan fingerprint density at radius 1 is 1.13 bits per heavy atom. The molecule has 1 aromatic heterocycles. The van der Waals surface area contributed by atoms with Crippen LogP contribution in [0.4, 0.5) is 4.39 Å². The van der Waals surface area contributed by atoms with Crippen molar-refractivity contribution in [2.45, 2.75) is 39.2 Å². The number of carbonyl (C=O) groups excluding carboxylic acids is 2. The minimum absolute atomic E-state index is 0.221. The smallest absolute Gasteiger partial charge is 0.342 e. The predicted molar refractivity (Wildman–Crippen MR) is 118 cm³/mol. The fraction of sp³-hybridized carbons (Fsp3) is 0.280. The molecule has 1 N–H and O–H groups in total. The summed E-state index contributed by atoms with van der Waals surface area (Å²) in [5.74, 6) is -1.38. The second-order valence-electron chi connectivity index (χ2n) is 8.74. The molecule has 2 heterocycles. The van der Waals surface area contributed by atoms with Crippen molar-refractivity contribution in [3.63, 3.8) is 0 Å². The quantitative estimate of drug-likeness (QED) is 0.605. The Hall–Kier alpha value is -3.41. The molecule has 0 radical (unpaired) electrons. The van der Waals surface area contributed by atoms with Gasteiger partial charge in [0, 0.05) is 34.6 Å². The molecule has 1 aliphatic rings. The number of nitrogens with one attached hydrogen (secondary N) is 1. The number of para-hydroxylation sites is 1. The first-order valence-corrected chi connectivity index (χ1v) is 10.3. The SMILES string of the molecule is CC(C)OC(=O)C1=CN(C(=O)c2cccc(F)c2)CC(C)(C)c2c1[nH]c1ccccc21. The number of halogens is 1. The molecule has 0 spiro atoms. The van der Waals surface area contributed by atoms with Gasteiger partial charge in [0.2, 0.25) is 0 Å². The Morgan fingerprint density at radius 3 is 2.58 bits per heavy atom. The number of fused-ring (bicyclic) bond motifs is 3. The number of aromatic amines is 1. The Balaban J connectivity index is 1.90. The largest absolute Gasteiger partial charge is 0.459 e. The van der Waals surface area contributed by atoms with E-state index in [0.29, 0.717) is 12.2 Å². The van der Waals surface area contributed by atoms with Crippen LogP contribution in [-0.4, -0.2) is 34.4 Å². The molecule has 2 aromatic carbocycles. The third-order valence-electron chi connectivity index (χ3n) is 5.40. The molecule has 5 nitrogen and oxygen atoms in total. The van der Waals surface area contributed by atoms with E-state index < -0.39 is 17.2 Å². The van der Waals surface area contributed by atoms with Crippen LogP contribution in [0.3, 0.4) is 0 Å². The van der Waals surface area contributed by atoms with Crippen LogP contribution in [0.5, 0.6) is 0 Å². The fourth-order valence-corrected chi connectivity index (χ4v) is 4.17. The summed E-state index contributed by atoms with van der Waals surface area (Å²) >= 11 is 0. The van der Waals surface area contributed by atoms with Gasteiger partial charge in [-0.15, -0.1) is 0 Å². The molecule has 0 aliphatic carbocycles. The van der Waals surface area contributed by atoms with E-state index in [2.05, 4.69) is 4.98 Å². The van der Waals surface area contributed by atoms with Gasteiger partial charge in [0.15, 0.2) is 0 Å². The molecule has 0 bridgehead atoms. The van der Waals surface area contributed by atoms with Gasteiger partial charge in [-0.05, 0) is 43.7 Å². The number of H-pyrrole nitrogens is 1. The van der Waals surface area contributed by atoms with Crippen LogP contribution in [0.25, 0.3) is 16.5 Å². The number of ether oxygens (including phenoxy) is 1.